The summed E-state index contributed by atoms with van der Waals surface area (Å²) in [6.45, 7) is 0. The number of nitrogens with zero attached hydrogens (tertiary/aromatic N) is 1. The van der Waals surface area contributed by atoms with Gasteiger partial charge in [-0.05, 0) is 42.7 Å². The largest absolute Gasteiger partial charge is 0.388 e. The van der Waals surface area contributed by atoms with E-state index in [1.807, 2.05) is 6.07 Å². The second kappa shape index (κ2) is 5.69. The monoisotopic (exact) mass is 249 g/mol. The van der Waals surface area contributed by atoms with Gasteiger partial charge in [-0.3, -0.25) is 4.98 Å². The second-order valence-electron chi connectivity index (χ2n) is 4.08. The van der Waals surface area contributed by atoms with Gasteiger partial charge >= 0.3 is 0 Å². The molecule has 0 aliphatic carbocycles. The Labute approximate surface area is 104 Å². The fraction of sp³-hybridized carbons (Fsp3) is 0.214. The molecule has 2 aromatic rings. The zero-order valence-electron chi connectivity index (χ0n) is 9.68. The fourth-order valence-corrected chi connectivity index (χ4v) is 1.77. The smallest absolute Gasteiger partial charge is 0.129 e. The van der Waals surface area contributed by atoms with Gasteiger partial charge < -0.3 is 5.11 Å². The molecule has 18 heavy (non-hydrogen) atoms. The van der Waals surface area contributed by atoms with Gasteiger partial charge in [0.25, 0.3) is 0 Å². The predicted octanol–water partition coefficient (Wildman–Crippen LogP) is 3.03. The first-order valence-electron chi connectivity index (χ1n) is 5.69. The van der Waals surface area contributed by atoms with Crippen LogP contribution in [0.5, 0.6) is 0 Å². The molecule has 2 rings (SSSR count). The number of aliphatic hydroxyl groups excluding tert-OH is 1. The molecule has 1 unspecified atom stereocenters. The van der Waals surface area contributed by atoms with Crippen molar-refractivity contribution in [2.45, 2.75) is 18.9 Å². The zero-order valence-corrected chi connectivity index (χ0v) is 9.68. The highest BCUT2D eigenvalue weighted by Crippen LogP contribution is 2.22. The molecule has 0 radical (unpaired) electrons. The molecule has 2 nitrogen and oxygen atoms in total. The van der Waals surface area contributed by atoms with Crippen molar-refractivity contribution in [1.29, 1.82) is 0 Å². The van der Waals surface area contributed by atoms with E-state index in [9.17, 15) is 13.9 Å². The van der Waals surface area contributed by atoms with Crippen molar-refractivity contribution < 1.29 is 13.9 Å². The molecular formula is C14H13F2NO. The minimum Gasteiger partial charge on any atom is -0.388 e. The number of hydrogen-bond donors (Lipinski definition) is 1. The normalized spacial score (nSPS) is 12.4. The number of aliphatic hydroxyl groups is 1. The summed E-state index contributed by atoms with van der Waals surface area (Å²) in [5.74, 6) is -1.14. The van der Waals surface area contributed by atoms with Gasteiger partial charge in [-0.15, -0.1) is 0 Å². The van der Waals surface area contributed by atoms with Crippen LogP contribution in [0.2, 0.25) is 0 Å². The minimum absolute atomic E-state index is 0.00103. The highest BCUT2D eigenvalue weighted by atomic mass is 19.1. The van der Waals surface area contributed by atoms with E-state index in [2.05, 4.69) is 4.98 Å². The lowest BCUT2D eigenvalue weighted by molar-refractivity contribution is 0.162. The Bertz CT molecular complexity index is 516. The van der Waals surface area contributed by atoms with E-state index in [4.69, 9.17) is 0 Å². The van der Waals surface area contributed by atoms with Crippen molar-refractivity contribution in [3.63, 3.8) is 0 Å². The van der Waals surface area contributed by atoms with Crippen molar-refractivity contribution in [2.24, 2.45) is 0 Å². The first-order valence-corrected chi connectivity index (χ1v) is 5.69. The third-order valence-corrected chi connectivity index (χ3v) is 2.75. The lowest BCUT2D eigenvalue weighted by Crippen LogP contribution is -2.03. The maximum absolute atomic E-state index is 13.4. The molecule has 0 aliphatic rings. The lowest BCUT2D eigenvalue weighted by Gasteiger charge is -2.11. The number of halogens is 2. The summed E-state index contributed by atoms with van der Waals surface area (Å²) in [6, 6.07) is 6.76. The van der Waals surface area contributed by atoms with E-state index in [1.54, 1.807) is 18.5 Å². The Morgan fingerprint density at radius 3 is 2.78 bits per heavy atom. The molecule has 4 heteroatoms. The van der Waals surface area contributed by atoms with Crippen molar-refractivity contribution in [1.82, 2.24) is 4.98 Å². The number of benzene rings is 1. The first kappa shape index (κ1) is 12.6. The topological polar surface area (TPSA) is 33.1 Å². The van der Waals surface area contributed by atoms with Gasteiger partial charge in [-0.2, -0.15) is 0 Å². The van der Waals surface area contributed by atoms with Gasteiger partial charge in [-0.1, -0.05) is 6.07 Å². The van der Waals surface area contributed by atoms with Gasteiger partial charge in [0.05, 0.1) is 6.10 Å². The van der Waals surface area contributed by atoms with Crippen LogP contribution in [0.1, 0.15) is 23.7 Å². The van der Waals surface area contributed by atoms with E-state index >= 15 is 0 Å². The molecule has 0 amide bonds. The number of aryl methyl sites for hydroxylation is 1. The molecule has 0 bridgehead atoms. The van der Waals surface area contributed by atoms with Crippen molar-refractivity contribution in [3.05, 3.63) is 65.5 Å². The Morgan fingerprint density at radius 2 is 2.06 bits per heavy atom. The van der Waals surface area contributed by atoms with Crippen LogP contribution in [0.3, 0.4) is 0 Å². The summed E-state index contributed by atoms with van der Waals surface area (Å²) >= 11 is 0. The molecular weight excluding hydrogens is 236 g/mol. The van der Waals surface area contributed by atoms with E-state index in [-0.39, 0.29) is 5.56 Å². The van der Waals surface area contributed by atoms with Crippen LogP contribution >= 0.6 is 0 Å². The SMILES string of the molecule is OC(CCc1cccnc1)c1cc(F)ccc1F. The van der Waals surface area contributed by atoms with Crippen LogP contribution in [0, 0.1) is 11.6 Å². The molecule has 1 aromatic carbocycles. The van der Waals surface area contributed by atoms with Gasteiger partial charge in [-0.25, -0.2) is 8.78 Å². The first-order chi connectivity index (χ1) is 8.66. The van der Waals surface area contributed by atoms with Gasteiger partial charge in [0.2, 0.25) is 0 Å². The summed E-state index contributed by atoms with van der Waals surface area (Å²) in [4.78, 5) is 3.95. The summed E-state index contributed by atoms with van der Waals surface area (Å²) in [7, 11) is 0. The molecule has 1 N–H and O–H groups in total. The highest BCUT2D eigenvalue weighted by Gasteiger charge is 2.13. The van der Waals surface area contributed by atoms with E-state index in [1.165, 1.54) is 0 Å². The molecule has 0 fully saturated rings. The molecule has 0 aliphatic heterocycles. The maximum atomic E-state index is 13.4. The van der Waals surface area contributed by atoms with Crippen LogP contribution < -0.4 is 0 Å². The molecule has 1 atom stereocenters. The molecule has 0 spiro atoms. The summed E-state index contributed by atoms with van der Waals surface area (Å²) in [5, 5.41) is 9.86. The molecule has 1 heterocycles. The molecule has 0 saturated carbocycles. The van der Waals surface area contributed by atoms with Crippen molar-refractivity contribution in [3.8, 4) is 0 Å². The summed E-state index contributed by atoms with van der Waals surface area (Å²) in [6.07, 6.45) is 3.22. The molecule has 1 aromatic heterocycles. The zero-order chi connectivity index (χ0) is 13.0. The number of rotatable bonds is 4. The third-order valence-electron chi connectivity index (χ3n) is 2.75. The van der Waals surface area contributed by atoms with Crippen LogP contribution in [-0.4, -0.2) is 10.1 Å². The molecule has 94 valence electrons. The summed E-state index contributed by atoms with van der Waals surface area (Å²) < 4.78 is 26.4. The predicted molar refractivity (Wildman–Crippen MR) is 63.9 cm³/mol. The van der Waals surface area contributed by atoms with Crippen molar-refractivity contribution >= 4 is 0 Å². The Hall–Kier alpha value is -1.81. The Balaban J connectivity index is 2.03. The van der Waals surface area contributed by atoms with E-state index in [0.29, 0.717) is 12.8 Å². The van der Waals surface area contributed by atoms with Crippen LogP contribution in [0.4, 0.5) is 8.78 Å². The lowest BCUT2D eigenvalue weighted by atomic mass is 10.0. The molecule has 0 saturated heterocycles. The average molecular weight is 249 g/mol. The Morgan fingerprint density at radius 1 is 1.22 bits per heavy atom. The highest BCUT2D eigenvalue weighted by molar-refractivity contribution is 5.21. The number of pyridine rings is 1. The van der Waals surface area contributed by atoms with Crippen molar-refractivity contribution in [2.75, 3.05) is 0 Å². The number of aromatic nitrogens is 1. The fourth-order valence-electron chi connectivity index (χ4n) is 1.77. The average Bonchev–Trinajstić information content (AvgIpc) is 2.40. The second-order valence-corrected chi connectivity index (χ2v) is 4.08. The third kappa shape index (κ3) is 3.11. The van der Waals surface area contributed by atoms with E-state index < -0.39 is 17.7 Å². The van der Waals surface area contributed by atoms with Crippen LogP contribution in [-0.2, 0) is 6.42 Å². The van der Waals surface area contributed by atoms with Gasteiger partial charge in [0, 0.05) is 18.0 Å². The van der Waals surface area contributed by atoms with Gasteiger partial charge in [0.1, 0.15) is 11.6 Å². The summed E-state index contributed by atoms with van der Waals surface area (Å²) in [5.41, 5.74) is 0.951. The van der Waals surface area contributed by atoms with Crippen LogP contribution in [0.15, 0.2) is 42.7 Å². The van der Waals surface area contributed by atoms with Crippen LogP contribution in [0.25, 0.3) is 0 Å². The number of hydrogen-bond acceptors (Lipinski definition) is 2. The van der Waals surface area contributed by atoms with Gasteiger partial charge in [0.15, 0.2) is 0 Å². The standard InChI is InChI=1S/C14H13F2NO/c15-11-4-5-13(16)12(8-11)14(18)6-3-10-2-1-7-17-9-10/h1-2,4-5,7-9,14,18H,3,6H2. The Kier molecular flexibility index (Phi) is 3.99. The maximum Gasteiger partial charge on any atom is 0.129 e. The quantitative estimate of drug-likeness (QED) is 0.903. The van der Waals surface area contributed by atoms with E-state index in [0.717, 1.165) is 23.8 Å². The minimum atomic E-state index is -1.01.